The number of hydrogen-bond donors (Lipinski definition) is 1. The van der Waals surface area contributed by atoms with Crippen LogP contribution < -0.4 is 10.5 Å². The third kappa shape index (κ3) is 4.05. The number of ether oxygens (including phenoxy) is 1. The monoisotopic (exact) mass is 379 g/mol. The Kier molecular flexibility index (Phi) is 5.59. The molecule has 1 aromatic carbocycles. The van der Waals surface area contributed by atoms with Gasteiger partial charge in [0.1, 0.15) is 18.7 Å². The summed E-state index contributed by atoms with van der Waals surface area (Å²) in [6.45, 7) is 3.22. The first-order valence-corrected chi connectivity index (χ1v) is 10.1. The summed E-state index contributed by atoms with van der Waals surface area (Å²) in [7, 11) is -1.73. The van der Waals surface area contributed by atoms with Gasteiger partial charge in [-0.3, -0.25) is 4.68 Å². The minimum Gasteiger partial charge on any atom is -0.486 e. The fourth-order valence-corrected chi connectivity index (χ4v) is 4.61. The van der Waals surface area contributed by atoms with E-state index in [4.69, 9.17) is 10.5 Å². The zero-order chi connectivity index (χ0) is 18.7. The molecule has 0 bridgehead atoms. The molecule has 0 radical (unpaired) electrons. The van der Waals surface area contributed by atoms with Crippen LogP contribution in [-0.2, 0) is 23.7 Å². The van der Waals surface area contributed by atoms with Crippen molar-refractivity contribution in [3.05, 3.63) is 36.4 Å². The maximum absolute atomic E-state index is 12.9. The summed E-state index contributed by atoms with van der Waals surface area (Å²) in [5.74, 6) is 1.48. The zero-order valence-corrected chi connectivity index (χ0v) is 15.9. The van der Waals surface area contributed by atoms with E-state index < -0.39 is 10.0 Å². The maximum atomic E-state index is 12.9. The van der Waals surface area contributed by atoms with Crippen molar-refractivity contribution in [1.82, 2.24) is 19.1 Å². The Morgan fingerprint density at radius 1 is 1.35 bits per heavy atom. The molecule has 0 saturated carbocycles. The van der Waals surface area contributed by atoms with Crippen molar-refractivity contribution in [2.45, 2.75) is 37.3 Å². The molecule has 0 unspecified atom stereocenters. The standard InChI is InChI=1S/C17H25N5O3S/c1-13(18)14-4-3-9-22(10-14)26(23,24)16-7-5-15(6-8-16)25-11-17-19-12-20-21(17)2/h5-8,12-14H,3-4,9-11,18H2,1-2H3/t13-,14-/m1/s1. The van der Waals surface area contributed by atoms with Crippen LogP contribution in [0.1, 0.15) is 25.6 Å². The van der Waals surface area contributed by atoms with Gasteiger partial charge in [-0.15, -0.1) is 0 Å². The van der Waals surface area contributed by atoms with Gasteiger partial charge in [0.05, 0.1) is 4.90 Å². The molecule has 8 nitrogen and oxygen atoms in total. The second-order valence-electron chi connectivity index (χ2n) is 6.68. The van der Waals surface area contributed by atoms with E-state index in [-0.39, 0.29) is 23.5 Å². The number of sulfonamides is 1. The summed E-state index contributed by atoms with van der Waals surface area (Å²) in [5.41, 5.74) is 5.97. The number of nitrogens with two attached hydrogens (primary N) is 1. The highest BCUT2D eigenvalue weighted by atomic mass is 32.2. The second kappa shape index (κ2) is 7.73. The Balaban J connectivity index is 1.67. The fraction of sp³-hybridized carbons (Fsp3) is 0.529. The van der Waals surface area contributed by atoms with E-state index in [1.165, 1.54) is 6.33 Å². The largest absolute Gasteiger partial charge is 0.486 e. The SMILES string of the molecule is C[C@@H](N)[C@@H]1CCCN(S(=O)(=O)c2ccc(OCc3ncnn3C)cc2)C1. The van der Waals surface area contributed by atoms with Crippen LogP contribution >= 0.6 is 0 Å². The number of benzene rings is 1. The van der Waals surface area contributed by atoms with Crippen molar-refractivity contribution < 1.29 is 13.2 Å². The van der Waals surface area contributed by atoms with Gasteiger partial charge in [0, 0.05) is 26.2 Å². The van der Waals surface area contributed by atoms with Gasteiger partial charge in [0.25, 0.3) is 0 Å². The molecule has 2 N–H and O–H groups in total. The molecule has 142 valence electrons. The van der Waals surface area contributed by atoms with E-state index in [0.29, 0.717) is 24.7 Å². The molecule has 0 aliphatic carbocycles. The van der Waals surface area contributed by atoms with Crippen LogP contribution in [0.25, 0.3) is 0 Å². The smallest absolute Gasteiger partial charge is 0.243 e. The van der Waals surface area contributed by atoms with Gasteiger partial charge in [0.15, 0.2) is 5.82 Å². The van der Waals surface area contributed by atoms with Crippen LogP contribution in [0.15, 0.2) is 35.5 Å². The topological polar surface area (TPSA) is 103 Å². The lowest BCUT2D eigenvalue weighted by atomic mass is 9.93. The second-order valence-corrected chi connectivity index (χ2v) is 8.62. The molecule has 2 atom stereocenters. The molecule has 3 rings (SSSR count). The van der Waals surface area contributed by atoms with E-state index in [1.54, 1.807) is 40.3 Å². The van der Waals surface area contributed by atoms with Gasteiger partial charge in [-0.2, -0.15) is 9.40 Å². The van der Waals surface area contributed by atoms with Crippen molar-refractivity contribution >= 4 is 10.0 Å². The third-order valence-electron chi connectivity index (χ3n) is 4.80. The molecule has 2 heterocycles. The Morgan fingerprint density at radius 3 is 2.69 bits per heavy atom. The summed E-state index contributed by atoms with van der Waals surface area (Å²) in [6.07, 6.45) is 3.27. The Labute approximate surface area is 154 Å². The van der Waals surface area contributed by atoms with Gasteiger partial charge in [-0.05, 0) is 49.9 Å². The third-order valence-corrected chi connectivity index (χ3v) is 6.68. The van der Waals surface area contributed by atoms with Gasteiger partial charge in [-0.25, -0.2) is 13.4 Å². The normalized spacial score (nSPS) is 20.0. The number of nitrogens with zero attached hydrogens (tertiary/aromatic N) is 4. The number of piperidine rings is 1. The van der Waals surface area contributed by atoms with Gasteiger partial charge in [-0.1, -0.05) is 0 Å². The highest BCUT2D eigenvalue weighted by Crippen LogP contribution is 2.26. The number of rotatable bonds is 6. The lowest BCUT2D eigenvalue weighted by Crippen LogP contribution is -2.44. The molecule has 0 amide bonds. The van der Waals surface area contributed by atoms with Crippen molar-refractivity contribution in [1.29, 1.82) is 0 Å². The van der Waals surface area contributed by atoms with Gasteiger partial charge < -0.3 is 10.5 Å². The van der Waals surface area contributed by atoms with E-state index in [0.717, 1.165) is 12.8 Å². The molecule has 1 aromatic heterocycles. The molecular formula is C17H25N5O3S. The molecule has 9 heteroatoms. The van der Waals surface area contributed by atoms with Gasteiger partial charge >= 0.3 is 0 Å². The van der Waals surface area contributed by atoms with Crippen LogP contribution in [0.5, 0.6) is 5.75 Å². The lowest BCUT2D eigenvalue weighted by Gasteiger charge is -2.33. The molecule has 1 fully saturated rings. The van der Waals surface area contributed by atoms with Crippen LogP contribution in [0, 0.1) is 5.92 Å². The maximum Gasteiger partial charge on any atom is 0.243 e. The zero-order valence-electron chi connectivity index (χ0n) is 15.1. The van der Waals surface area contributed by atoms with Crippen LogP contribution in [-0.4, -0.2) is 46.6 Å². The highest BCUT2D eigenvalue weighted by molar-refractivity contribution is 7.89. The first-order valence-electron chi connectivity index (χ1n) is 8.69. The van der Waals surface area contributed by atoms with Gasteiger partial charge in [0.2, 0.25) is 10.0 Å². The minimum absolute atomic E-state index is 0.00983. The molecular weight excluding hydrogens is 354 g/mol. The van der Waals surface area contributed by atoms with Crippen molar-refractivity contribution in [2.75, 3.05) is 13.1 Å². The minimum atomic E-state index is -3.51. The molecule has 0 spiro atoms. The first kappa shape index (κ1) is 18.8. The number of hydrogen-bond acceptors (Lipinski definition) is 6. The lowest BCUT2D eigenvalue weighted by molar-refractivity contribution is 0.243. The van der Waals surface area contributed by atoms with E-state index in [1.807, 2.05) is 6.92 Å². The molecule has 26 heavy (non-hydrogen) atoms. The summed E-state index contributed by atoms with van der Waals surface area (Å²) >= 11 is 0. The van der Waals surface area contributed by atoms with E-state index >= 15 is 0 Å². The van der Waals surface area contributed by atoms with Crippen molar-refractivity contribution in [3.8, 4) is 5.75 Å². The summed E-state index contributed by atoms with van der Waals surface area (Å²) in [4.78, 5) is 4.36. The van der Waals surface area contributed by atoms with Crippen LogP contribution in [0.3, 0.4) is 0 Å². The van der Waals surface area contributed by atoms with Crippen LogP contribution in [0.2, 0.25) is 0 Å². The van der Waals surface area contributed by atoms with Crippen molar-refractivity contribution in [2.24, 2.45) is 18.7 Å². The van der Waals surface area contributed by atoms with Crippen LogP contribution in [0.4, 0.5) is 0 Å². The molecule has 1 saturated heterocycles. The Hall–Kier alpha value is -1.97. The fourth-order valence-electron chi connectivity index (χ4n) is 3.08. The summed E-state index contributed by atoms with van der Waals surface area (Å²) in [6, 6.07) is 6.48. The highest BCUT2D eigenvalue weighted by Gasteiger charge is 2.31. The molecule has 2 aromatic rings. The Bertz CT molecular complexity index is 832. The van der Waals surface area contributed by atoms with E-state index in [2.05, 4.69) is 10.1 Å². The van der Waals surface area contributed by atoms with E-state index in [9.17, 15) is 8.42 Å². The number of aryl methyl sites for hydroxylation is 1. The average Bonchev–Trinajstić information content (AvgIpc) is 3.05. The summed E-state index contributed by atoms with van der Waals surface area (Å²) in [5, 5.41) is 3.98. The van der Waals surface area contributed by atoms with Crippen molar-refractivity contribution in [3.63, 3.8) is 0 Å². The predicted molar refractivity (Wildman–Crippen MR) is 96.9 cm³/mol. The summed E-state index contributed by atoms with van der Waals surface area (Å²) < 4.78 is 34.6. The number of aromatic nitrogens is 3. The average molecular weight is 379 g/mol. The quantitative estimate of drug-likeness (QED) is 0.807. The Morgan fingerprint density at radius 2 is 2.08 bits per heavy atom. The predicted octanol–water partition coefficient (Wildman–Crippen LogP) is 1.14. The molecule has 1 aliphatic heterocycles. The first-order chi connectivity index (χ1) is 12.4. The molecule has 1 aliphatic rings.